The number of ether oxygens (including phenoxy) is 1. The van der Waals surface area contributed by atoms with Gasteiger partial charge in [-0.2, -0.15) is 0 Å². The molecule has 0 amide bonds. The fraction of sp³-hybridized carbons (Fsp3) is 0.409. The zero-order chi connectivity index (χ0) is 19.2. The Hall–Kier alpha value is -2.37. The van der Waals surface area contributed by atoms with Gasteiger partial charge in [-0.05, 0) is 36.6 Å². The van der Waals surface area contributed by atoms with Crippen molar-refractivity contribution in [2.75, 3.05) is 20.2 Å². The largest absolute Gasteiger partial charge is 0.496 e. The second-order valence-electron chi connectivity index (χ2n) is 7.05. The molecule has 0 aromatic heterocycles. The summed E-state index contributed by atoms with van der Waals surface area (Å²) in [5.74, 6) is 0.136. The van der Waals surface area contributed by atoms with Crippen LogP contribution in [0.5, 0.6) is 5.75 Å². The third kappa shape index (κ3) is 4.87. The van der Waals surface area contributed by atoms with Gasteiger partial charge in [0.1, 0.15) is 5.75 Å². The number of nitrogens with one attached hydrogen (secondary N) is 1. The number of hydrogen-bond acceptors (Lipinski definition) is 4. The number of carbonyl (C=O) groups is 1. The van der Waals surface area contributed by atoms with Crippen LogP contribution < -0.4 is 10.1 Å². The van der Waals surface area contributed by atoms with Gasteiger partial charge in [0.15, 0.2) is 0 Å². The molecule has 3 rings (SSSR count). The predicted octanol–water partition coefficient (Wildman–Crippen LogP) is 3.39. The fourth-order valence-corrected chi connectivity index (χ4v) is 3.68. The normalized spacial score (nSPS) is 18.9. The first-order valence-electron chi connectivity index (χ1n) is 9.52. The molecule has 1 aliphatic rings. The van der Waals surface area contributed by atoms with Crippen molar-refractivity contribution in [1.29, 1.82) is 0 Å². The zero-order valence-corrected chi connectivity index (χ0v) is 16.0. The van der Waals surface area contributed by atoms with Crippen LogP contribution in [0.15, 0.2) is 48.5 Å². The van der Waals surface area contributed by atoms with E-state index >= 15 is 0 Å². The van der Waals surface area contributed by atoms with Crippen molar-refractivity contribution in [2.45, 2.75) is 38.4 Å². The van der Waals surface area contributed by atoms with Crippen LogP contribution in [0.25, 0.3) is 11.1 Å². The number of methoxy groups -OCH3 is 1. The first-order valence-corrected chi connectivity index (χ1v) is 9.52. The summed E-state index contributed by atoms with van der Waals surface area (Å²) < 4.78 is 5.60. The van der Waals surface area contributed by atoms with Gasteiger partial charge < -0.3 is 15.2 Å². The molecular weight excluding hydrogens is 340 g/mol. The third-order valence-electron chi connectivity index (χ3n) is 5.35. The summed E-state index contributed by atoms with van der Waals surface area (Å²) in [6, 6.07) is 17.4. The van der Waals surface area contributed by atoms with Crippen molar-refractivity contribution < 1.29 is 14.6 Å². The van der Waals surface area contributed by atoms with Crippen molar-refractivity contribution in [3.05, 3.63) is 54.1 Å². The Balaban J connectivity index is 1.55. The summed E-state index contributed by atoms with van der Waals surface area (Å²) in [4.78, 5) is 13.0. The Morgan fingerprint density at radius 2 is 1.93 bits per heavy atom. The summed E-state index contributed by atoms with van der Waals surface area (Å²) in [6.07, 6.45) is 1.98. The highest BCUT2D eigenvalue weighted by Gasteiger charge is 2.33. The van der Waals surface area contributed by atoms with Crippen molar-refractivity contribution in [2.24, 2.45) is 0 Å². The lowest BCUT2D eigenvalue weighted by molar-refractivity contribution is -0.139. The van der Waals surface area contributed by atoms with Gasteiger partial charge >= 0.3 is 5.97 Å². The highest BCUT2D eigenvalue weighted by atomic mass is 16.5. The molecule has 0 radical (unpaired) electrons. The van der Waals surface area contributed by atoms with Gasteiger partial charge in [-0.25, -0.2) is 0 Å². The van der Waals surface area contributed by atoms with Crippen molar-refractivity contribution in [1.82, 2.24) is 10.2 Å². The predicted molar refractivity (Wildman–Crippen MR) is 107 cm³/mol. The smallest absolute Gasteiger partial charge is 0.317 e. The van der Waals surface area contributed by atoms with Gasteiger partial charge in [0, 0.05) is 24.2 Å². The standard InChI is InChI=1S/C22H28N2O3/c1-3-24(15-22(25)26)20-12-19(13-20)23-14-18-10-9-17(11-21(18)27-2)16-7-5-4-6-8-16/h4-11,19-20,23H,3,12-15H2,1-2H3,(H,25,26). The lowest BCUT2D eigenvalue weighted by atomic mass is 9.85. The Morgan fingerprint density at radius 3 is 2.56 bits per heavy atom. The van der Waals surface area contributed by atoms with Crippen molar-refractivity contribution in [3.63, 3.8) is 0 Å². The maximum Gasteiger partial charge on any atom is 0.317 e. The van der Waals surface area contributed by atoms with Gasteiger partial charge in [0.2, 0.25) is 0 Å². The molecule has 0 heterocycles. The average Bonchev–Trinajstić information content (AvgIpc) is 2.66. The maximum absolute atomic E-state index is 10.9. The Labute approximate surface area is 161 Å². The van der Waals surface area contributed by atoms with Crippen LogP contribution in [0.3, 0.4) is 0 Å². The minimum Gasteiger partial charge on any atom is -0.496 e. The van der Waals surface area contributed by atoms with E-state index < -0.39 is 5.97 Å². The molecule has 5 nitrogen and oxygen atoms in total. The van der Waals surface area contributed by atoms with Crippen LogP contribution in [-0.2, 0) is 11.3 Å². The van der Waals surface area contributed by atoms with E-state index in [1.807, 2.05) is 30.0 Å². The third-order valence-corrected chi connectivity index (χ3v) is 5.35. The van der Waals surface area contributed by atoms with Gasteiger partial charge in [-0.1, -0.05) is 49.4 Å². The van der Waals surface area contributed by atoms with Crippen LogP contribution in [0.2, 0.25) is 0 Å². The first-order chi connectivity index (χ1) is 13.1. The molecule has 27 heavy (non-hydrogen) atoms. The lowest BCUT2D eigenvalue weighted by Gasteiger charge is -2.42. The topological polar surface area (TPSA) is 61.8 Å². The summed E-state index contributed by atoms with van der Waals surface area (Å²) in [7, 11) is 1.71. The van der Waals surface area contributed by atoms with Crippen LogP contribution >= 0.6 is 0 Å². The minimum atomic E-state index is -0.753. The summed E-state index contributed by atoms with van der Waals surface area (Å²) in [6.45, 7) is 3.67. The molecule has 2 N–H and O–H groups in total. The number of carboxylic acids is 1. The Bertz CT molecular complexity index is 757. The SMILES string of the molecule is CCN(CC(=O)O)C1CC(NCc2ccc(-c3ccccc3)cc2OC)C1. The minimum absolute atomic E-state index is 0.128. The molecule has 0 unspecified atom stereocenters. The first kappa shape index (κ1) is 19.4. The van der Waals surface area contributed by atoms with E-state index in [0.29, 0.717) is 12.1 Å². The van der Waals surface area contributed by atoms with E-state index in [0.717, 1.165) is 42.8 Å². The van der Waals surface area contributed by atoms with E-state index in [1.165, 1.54) is 5.56 Å². The molecule has 1 fully saturated rings. The van der Waals surface area contributed by atoms with Gasteiger partial charge in [0.05, 0.1) is 13.7 Å². The van der Waals surface area contributed by atoms with Crippen molar-refractivity contribution in [3.8, 4) is 16.9 Å². The number of likely N-dealkylation sites (N-methyl/N-ethyl adjacent to an activating group) is 1. The molecule has 0 atom stereocenters. The Morgan fingerprint density at radius 1 is 1.19 bits per heavy atom. The maximum atomic E-state index is 10.9. The van der Waals surface area contributed by atoms with Crippen LogP contribution in [-0.4, -0.2) is 48.3 Å². The number of hydrogen-bond donors (Lipinski definition) is 2. The quantitative estimate of drug-likeness (QED) is 0.710. The number of aliphatic carboxylic acids is 1. The van der Waals surface area contributed by atoms with Gasteiger partial charge in [0.25, 0.3) is 0 Å². The second kappa shape index (κ2) is 9.02. The average molecular weight is 368 g/mol. The van der Waals surface area contributed by atoms with Crippen LogP contribution in [0.4, 0.5) is 0 Å². The van der Waals surface area contributed by atoms with E-state index in [9.17, 15) is 4.79 Å². The van der Waals surface area contributed by atoms with Crippen LogP contribution in [0, 0.1) is 0 Å². The number of carboxylic acid groups (broad SMARTS) is 1. The Kier molecular flexibility index (Phi) is 6.48. The molecular formula is C22H28N2O3. The molecule has 0 spiro atoms. The van der Waals surface area contributed by atoms with Gasteiger partial charge in [-0.15, -0.1) is 0 Å². The molecule has 0 aliphatic heterocycles. The molecule has 144 valence electrons. The number of benzene rings is 2. The molecule has 1 aliphatic carbocycles. The zero-order valence-electron chi connectivity index (χ0n) is 16.0. The van der Waals surface area contributed by atoms with E-state index in [-0.39, 0.29) is 6.54 Å². The fourth-order valence-electron chi connectivity index (χ4n) is 3.68. The molecule has 0 saturated heterocycles. The molecule has 2 aromatic rings. The molecule has 0 bridgehead atoms. The highest BCUT2D eigenvalue weighted by Crippen LogP contribution is 2.29. The van der Waals surface area contributed by atoms with Gasteiger partial charge in [-0.3, -0.25) is 9.69 Å². The van der Waals surface area contributed by atoms with E-state index in [2.05, 4.69) is 35.6 Å². The lowest BCUT2D eigenvalue weighted by Crippen LogP contribution is -2.53. The number of rotatable bonds is 9. The summed E-state index contributed by atoms with van der Waals surface area (Å²) in [5.41, 5.74) is 3.46. The second-order valence-corrected chi connectivity index (χ2v) is 7.05. The molecule has 1 saturated carbocycles. The van der Waals surface area contributed by atoms with Crippen molar-refractivity contribution >= 4 is 5.97 Å². The molecule has 5 heteroatoms. The summed E-state index contributed by atoms with van der Waals surface area (Å²) in [5, 5.41) is 12.6. The number of nitrogens with zero attached hydrogens (tertiary/aromatic N) is 1. The van der Waals surface area contributed by atoms with E-state index in [4.69, 9.17) is 9.84 Å². The monoisotopic (exact) mass is 368 g/mol. The molecule has 2 aromatic carbocycles. The summed E-state index contributed by atoms with van der Waals surface area (Å²) >= 11 is 0. The highest BCUT2D eigenvalue weighted by molar-refractivity contribution is 5.69. The van der Waals surface area contributed by atoms with Crippen LogP contribution in [0.1, 0.15) is 25.3 Å². The van der Waals surface area contributed by atoms with E-state index in [1.54, 1.807) is 7.11 Å².